The highest BCUT2D eigenvalue weighted by Crippen LogP contribution is 2.28. The number of benzene rings is 1. The molecule has 1 N–H and O–H groups in total. The predicted octanol–water partition coefficient (Wildman–Crippen LogP) is 1.68. The Bertz CT molecular complexity index is 778. The van der Waals surface area contributed by atoms with E-state index >= 15 is 0 Å². The van der Waals surface area contributed by atoms with Crippen LogP contribution in [0.2, 0.25) is 0 Å². The maximum absolute atomic E-state index is 14.0. The van der Waals surface area contributed by atoms with Gasteiger partial charge in [0.25, 0.3) is 0 Å². The third kappa shape index (κ3) is 1.84. The Morgan fingerprint density at radius 2 is 2.10 bits per heavy atom. The highest BCUT2D eigenvalue weighted by Gasteiger charge is 2.24. The molecule has 0 unspecified atom stereocenters. The first-order valence-electron chi connectivity index (χ1n) is 6.38. The van der Waals surface area contributed by atoms with Crippen LogP contribution in [-0.2, 0) is 6.54 Å². The van der Waals surface area contributed by atoms with Crippen molar-refractivity contribution in [2.75, 3.05) is 18.0 Å². The van der Waals surface area contributed by atoms with Gasteiger partial charge in [0, 0.05) is 31.2 Å². The molecule has 104 valence electrons. The summed E-state index contributed by atoms with van der Waals surface area (Å²) in [6.07, 6.45) is 1.32. The van der Waals surface area contributed by atoms with E-state index in [2.05, 4.69) is 0 Å². The van der Waals surface area contributed by atoms with Gasteiger partial charge >= 0.3 is 5.97 Å². The Labute approximate surface area is 113 Å². The second-order valence-electron chi connectivity index (χ2n) is 4.77. The molecule has 0 aliphatic carbocycles. The van der Waals surface area contributed by atoms with Crippen molar-refractivity contribution in [2.45, 2.75) is 13.5 Å². The number of aromatic nitrogens is 1. The van der Waals surface area contributed by atoms with Crippen LogP contribution in [-0.4, -0.2) is 28.7 Å². The quantitative estimate of drug-likeness (QED) is 0.866. The Morgan fingerprint density at radius 3 is 2.65 bits per heavy atom. The van der Waals surface area contributed by atoms with Gasteiger partial charge in [0.1, 0.15) is 11.4 Å². The second kappa shape index (κ2) is 4.33. The number of carbonyl (C=O) groups is 1. The monoisotopic (exact) mass is 276 g/mol. The number of hydrogen-bond acceptors (Lipinski definition) is 3. The van der Waals surface area contributed by atoms with Crippen molar-refractivity contribution in [3.63, 3.8) is 0 Å². The number of fused-ring (bicyclic) bond motifs is 1. The lowest BCUT2D eigenvalue weighted by atomic mass is 10.1. The number of carboxylic acid groups (broad SMARTS) is 1. The van der Waals surface area contributed by atoms with Crippen LogP contribution in [0.15, 0.2) is 23.1 Å². The van der Waals surface area contributed by atoms with Gasteiger partial charge < -0.3 is 14.6 Å². The largest absolute Gasteiger partial charge is 0.477 e. The highest BCUT2D eigenvalue weighted by molar-refractivity contribution is 5.93. The smallest absolute Gasteiger partial charge is 0.341 e. The number of anilines is 1. The van der Waals surface area contributed by atoms with Crippen molar-refractivity contribution >= 4 is 22.6 Å². The average molecular weight is 276 g/mol. The van der Waals surface area contributed by atoms with Crippen molar-refractivity contribution in [1.82, 2.24) is 4.57 Å². The van der Waals surface area contributed by atoms with Crippen LogP contribution in [0.4, 0.5) is 10.1 Å². The summed E-state index contributed by atoms with van der Waals surface area (Å²) in [6.45, 7) is 3.94. The van der Waals surface area contributed by atoms with Gasteiger partial charge in [0.05, 0.1) is 11.2 Å². The van der Waals surface area contributed by atoms with Gasteiger partial charge in [-0.2, -0.15) is 0 Å². The molecule has 0 radical (unpaired) electrons. The Kier molecular flexibility index (Phi) is 2.74. The third-order valence-electron chi connectivity index (χ3n) is 3.51. The molecule has 0 bridgehead atoms. The van der Waals surface area contributed by atoms with Crippen molar-refractivity contribution in [3.05, 3.63) is 39.9 Å². The number of hydrogen-bond donors (Lipinski definition) is 1. The summed E-state index contributed by atoms with van der Waals surface area (Å²) in [5.41, 5.74) is 0.0413. The summed E-state index contributed by atoms with van der Waals surface area (Å²) in [4.78, 5) is 25.1. The molecule has 1 aromatic carbocycles. The average Bonchev–Trinajstić information content (AvgIpc) is 3.23. The van der Waals surface area contributed by atoms with E-state index in [1.165, 1.54) is 6.20 Å². The van der Waals surface area contributed by atoms with E-state index in [0.717, 1.165) is 19.2 Å². The molecule has 1 aliphatic heterocycles. The van der Waals surface area contributed by atoms with E-state index in [9.17, 15) is 14.0 Å². The maximum atomic E-state index is 14.0. The highest BCUT2D eigenvalue weighted by atomic mass is 19.1. The minimum atomic E-state index is -1.30. The van der Waals surface area contributed by atoms with Gasteiger partial charge in [0.15, 0.2) is 0 Å². The van der Waals surface area contributed by atoms with Crippen molar-refractivity contribution in [2.24, 2.45) is 0 Å². The number of nitrogens with zero attached hydrogens (tertiary/aromatic N) is 2. The number of aryl methyl sites for hydroxylation is 1. The molecule has 20 heavy (non-hydrogen) atoms. The minimum absolute atomic E-state index is 0.106. The summed E-state index contributed by atoms with van der Waals surface area (Å²) < 4.78 is 15.7. The van der Waals surface area contributed by atoms with Crippen LogP contribution in [0.25, 0.3) is 10.9 Å². The van der Waals surface area contributed by atoms with E-state index in [4.69, 9.17) is 5.11 Å². The molecule has 5 nitrogen and oxygen atoms in total. The standard InChI is InChI=1S/C14H13FN2O3/c1-2-16-7-9(14(19)20)13(18)8-5-10(15)12(6-11(8)16)17-3-4-17/h5-7H,2-4H2,1H3,(H,19,20). The Morgan fingerprint density at radius 1 is 1.40 bits per heavy atom. The predicted molar refractivity (Wildman–Crippen MR) is 73.0 cm³/mol. The van der Waals surface area contributed by atoms with Gasteiger partial charge in [-0.1, -0.05) is 0 Å². The SMILES string of the molecule is CCn1cc(C(=O)O)c(=O)c2cc(F)c(N3CC3)cc21. The zero-order valence-electron chi connectivity index (χ0n) is 10.9. The Balaban J connectivity index is 2.38. The van der Waals surface area contributed by atoms with E-state index in [0.29, 0.717) is 17.7 Å². The number of carboxylic acids is 1. The molecular formula is C14H13FN2O3. The van der Waals surface area contributed by atoms with Crippen LogP contribution >= 0.6 is 0 Å². The minimum Gasteiger partial charge on any atom is -0.477 e. The van der Waals surface area contributed by atoms with Crippen LogP contribution in [0, 0.1) is 5.82 Å². The van der Waals surface area contributed by atoms with Crippen molar-refractivity contribution in [1.29, 1.82) is 0 Å². The second-order valence-corrected chi connectivity index (χ2v) is 4.77. The molecule has 2 heterocycles. The number of aromatic carboxylic acids is 1. The fourth-order valence-electron chi connectivity index (χ4n) is 2.35. The molecule has 1 aliphatic rings. The first kappa shape index (κ1) is 12.7. The molecule has 1 saturated heterocycles. The number of rotatable bonds is 3. The summed E-state index contributed by atoms with van der Waals surface area (Å²) >= 11 is 0. The van der Waals surface area contributed by atoms with Crippen LogP contribution in [0.5, 0.6) is 0 Å². The lowest BCUT2D eigenvalue weighted by molar-refractivity contribution is 0.0695. The van der Waals surface area contributed by atoms with Crippen molar-refractivity contribution < 1.29 is 14.3 Å². The fourth-order valence-corrected chi connectivity index (χ4v) is 2.35. The lowest BCUT2D eigenvalue weighted by Gasteiger charge is -2.13. The molecule has 0 atom stereocenters. The van der Waals surface area contributed by atoms with E-state index in [1.54, 1.807) is 10.6 Å². The molecule has 0 saturated carbocycles. The zero-order valence-corrected chi connectivity index (χ0v) is 10.9. The molecular weight excluding hydrogens is 263 g/mol. The fraction of sp³-hybridized carbons (Fsp3) is 0.286. The van der Waals surface area contributed by atoms with Crippen molar-refractivity contribution in [3.8, 4) is 0 Å². The normalized spacial score (nSPS) is 13.8. The summed E-state index contributed by atoms with van der Waals surface area (Å²) in [5, 5.41) is 9.16. The van der Waals surface area contributed by atoms with Gasteiger partial charge in [-0.3, -0.25) is 4.79 Å². The molecule has 3 rings (SSSR count). The molecule has 0 spiro atoms. The van der Waals surface area contributed by atoms with E-state index in [-0.39, 0.29) is 10.9 Å². The molecule has 0 amide bonds. The van der Waals surface area contributed by atoms with E-state index < -0.39 is 17.2 Å². The summed E-state index contributed by atoms with van der Waals surface area (Å²) in [7, 11) is 0. The zero-order chi connectivity index (χ0) is 14.4. The van der Waals surface area contributed by atoms with Gasteiger partial charge in [-0.05, 0) is 19.1 Å². The summed E-state index contributed by atoms with van der Waals surface area (Å²) in [5.74, 6) is -1.79. The van der Waals surface area contributed by atoms with E-state index in [1.807, 2.05) is 11.8 Å². The topological polar surface area (TPSA) is 62.3 Å². The molecule has 2 aromatic rings. The molecule has 1 fully saturated rings. The van der Waals surface area contributed by atoms with Crippen LogP contribution in [0.1, 0.15) is 17.3 Å². The Hall–Kier alpha value is -2.37. The van der Waals surface area contributed by atoms with Gasteiger partial charge in [-0.15, -0.1) is 0 Å². The first-order valence-corrected chi connectivity index (χ1v) is 6.38. The van der Waals surface area contributed by atoms with Crippen LogP contribution in [0.3, 0.4) is 0 Å². The first-order chi connectivity index (χ1) is 9.52. The lowest BCUT2D eigenvalue weighted by Crippen LogP contribution is -2.19. The molecule has 6 heteroatoms. The maximum Gasteiger partial charge on any atom is 0.341 e. The number of pyridine rings is 1. The van der Waals surface area contributed by atoms with Crippen LogP contribution < -0.4 is 10.3 Å². The van der Waals surface area contributed by atoms with Gasteiger partial charge in [-0.25, -0.2) is 9.18 Å². The molecule has 1 aromatic heterocycles. The van der Waals surface area contributed by atoms with Gasteiger partial charge in [0.2, 0.25) is 5.43 Å². The summed E-state index contributed by atoms with van der Waals surface area (Å²) in [6, 6.07) is 2.76. The third-order valence-corrected chi connectivity index (χ3v) is 3.51. The number of halogens is 1.